The van der Waals surface area contributed by atoms with E-state index in [1.807, 2.05) is 37.3 Å². The molecule has 0 aliphatic rings. The number of nitrogens with zero attached hydrogens (tertiary/aromatic N) is 1. The Morgan fingerprint density at radius 2 is 2.00 bits per heavy atom. The van der Waals surface area contributed by atoms with Gasteiger partial charge in [0.15, 0.2) is 0 Å². The summed E-state index contributed by atoms with van der Waals surface area (Å²) in [6, 6.07) is 0. The van der Waals surface area contributed by atoms with Gasteiger partial charge in [0.05, 0.1) is 5.67 Å². The smallest absolute Gasteiger partial charge is 0.0926 e. The topological polar surface area (TPSA) is 38.4 Å². The standard InChI is InChI=1S/C11H15ClN2/c1-11(13)8-6-4-2-3-5-7-9-14-10-12/h2-5,7-10H,6,13H2,1H3/b4-2?,5-3-,9-7+,11-8+,14-10?. The quantitative estimate of drug-likeness (QED) is 0.550. The zero-order valence-electron chi connectivity index (χ0n) is 8.23. The van der Waals surface area contributed by atoms with Gasteiger partial charge in [0.1, 0.15) is 0 Å². The van der Waals surface area contributed by atoms with Crippen molar-refractivity contribution in [2.75, 3.05) is 0 Å². The highest BCUT2D eigenvalue weighted by molar-refractivity contribution is 6.56. The number of aliphatic imine (C=N–C) groups is 1. The average molecular weight is 211 g/mol. The van der Waals surface area contributed by atoms with E-state index in [4.69, 9.17) is 17.3 Å². The van der Waals surface area contributed by atoms with Crippen LogP contribution in [0.1, 0.15) is 13.3 Å². The number of rotatable bonds is 5. The van der Waals surface area contributed by atoms with Crippen molar-refractivity contribution in [3.05, 3.63) is 48.4 Å². The SMILES string of the molecule is C/C(N)=C\CC=C/C=C\C=C\N=CCl. The first-order valence-corrected chi connectivity index (χ1v) is 4.73. The van der Waals surface area contributed by atoms with Gasteiger partial charge in [-0.2, -0.15) is 0 Å². The summed E-state index contributed by atoms with van der Waals surface area (Å²) in [5.74, 6) is 0. The second-order valence-electron chi connectivity index (χ2n) is 2.59. The summed E-state index contributed by atoms with van der Waals surface area (Å²) in [5, 5.41) is 0. The van der Waals surface area contributed by atoms with E-state index in [1.54, 1.807) is 12.3 Å². The predicted molar refractivity (Wildman–Crippen MR) is 64.3 cm³/mol. The van der Waals surface area contributed by atoms with E-state index in [2.05, 4.69) is 4.99 Å². The van der Waals surface area contributed by atoms with Crippen LogP contribution in [-0.2, 0) is 0 Å². The maximum absolute atomic E-state index is 5.46. The third-order valence-corrected chi connectivity index (χ3v) is 1.39. The zero-order valence-corrected chi connectivity index (χ0v) is 8.98. The lowest BCUT2D eigenvalue weighted by Gasteiger charge is -1.84. The number of hydrogen-bond donors (Lipinski definition) is 1. The molecule has 14 heavy (non-hydrogen) atoms. The monoisotopic (exact) mass is 210 g/mol. The van der Waals surface area contributed by atoms with E-state index in [0.29, 0.717) is 0 Å². The van der Waals surface area contributed by atoms with Crippen LogP contribution in [-0.4, -0.2) is 5.67 Å². The molecule has 0 saturated heterocycles. The Hall–Kier alpha value is -1.28. The van der Waals surface area contributed by atoms with Crippen LogP contribution >= 0.6 is 11.6 Å². The van der Waals surface area contributed by atoms with Gasteiger partial charge in [0.25, 0.3) is 0 Å². The molecule has 0 heterocycles. The molecule has 0 rings (SSSR count). The van der Waals surface area contributed by atoms with Crippen LogP contribution in [0.15, 0.2) is 53.3 Å². The van der Waals surface area contributed by atoms with Gasteiger partial charge in [0.2, 0.25) is 0 Å². The molecule has 0 saturated carbocycles. The molecule has 0 unspecified atom stereocenters. The van der Waals surface area contributed by atoms with E-state index in [0.717, 1.165) is 12.1 Å². The number of halogens is 1. The van der Waals surface area contributed by atoms with Crippen molar-refractivity contribution in [2.24, 2.45) is 10.7 Å². The molecule has 0 spiro atoms. The minimum Gasteiger partial charge on any atom is -0.403 e. The Labute approximate surface area is 90.2 Å². The summed E-state index contributed by atoms with van der Waals surface area (Å²) in [7, 11) is 0. The lowest BCUT2D eigenvalue weighted by molar-refractivity contribution is 1.24. The van der Waals surface area contributed by atoms with Crippen LogP contribution in [0.2, 0.25) is 0 Å². The molecule has 0 aliphatic heterocycles. The van der Waals surface area contributed by atoms with Gasteiger partial charge in [-0.05, 0) is 19.4 Å². The summed E-state index contributed by atoms with van der Waals surface area (Å²) >= 11 is 5.21. The molecular formula is C11H15ClN2. The Kier molecular flexibility index (Phi) is 8.91. The highest BCUT2D eigenvalue weighted by Gasteiger charge is 1.73. The van der Waals surface area contributed by atoms with Gasteiger partial charge in [-0.1, -0.05) is 42.0 Å². The van der Waals surface area contributed by atoms with E-state index in [9.17, 15) is 0 Å². The fourth-order valence-corrected chi connectivity index (χ4v) is 0.736. The van der Waals surface area contributed by atoms with Crippen molar-refractivity contribution < 1.29 is 0 Å². The predicted octanol–water partition coefficient (Wildman–Crippen LogP) is 3.13. The molecule has 76 valence electrons. The van der Waals surface area contributed by atoms with Crippen LogP contribution in [0.5, 0.6) is 0 Å². The van der Waals surface area contributed by atoms with Gasteiger partial charge >= 0.3 is 0 Å². The lowest BCUT2D eigenvalue weighted by atomic mass is 10.3. The first-order valence-electron chi connectivity index (χ1n) is 4.30. The highest BCUT2D eigenvalue weighted by atomic mass is 35.5. The van der Waals surface area contributed by atoms with Crippen molar-refractivity contribution >= 4 is 17.3 Å². The van der Waals surface area contributed by atoms with Crippen molar-refractivity contribution in [1.29, 1.82) is 0 Å². The minimum atomic E-state index is 0.843. The summed E-state index contributed by atoms with van der Waals surface area (Å²) in [5.41, 5.74) is 7.52. The molecule has 2 nitrogen and oxygen atoms in total. The van der Waals surface area contributed by atoms with Crippen LogP contribution in [0, 0.1) is 0 Å². The molecule has 2 N–H and O–H groups in total. The van der Waals surface area contributed by atoms with Crippen molar-refractivity contribution in [3.63, 3.8) is 0 Å². The maximum atomic E-state index is 5.46. The average Bonchev–Trinajstić information content (AvgIpc) is 2.15. The first-order chi connectivity index (χ1) is 6.77. The normalized spacial score (nSPS) is 14.3. The number of nitrogens with two attached hydrogens (primary N) is 1. The van der Waals surface area contributed by atoms with Gasteiger partial charge < -0.3 is 5.73 Å². The molecule has 0 fully saturated rings. The fraction of sp³-hybridized carbons (Fsp3) is 0.182. The number of allylic oxidation sites excluding steroid dienone is 7. The van der Waals surface area contributed by atoms with Gasteiger partial charge in [-0.25, -0.2) is 0 Å². The van der Waals surface area contributed by atoms with E-state index >= 15 is 0 Å². The van der Waals surface area contributed by atoms with Gasteiger partial charge in [-0.3, -0.25) is 4.99 Å². The van der Waals surface area contributed by atoms with Crippen LogP contribution < -0.4 is 5.73 Å². The Morgan fingerprint density at radius 1 is 1.29 bits per heavy atom. The molecule has 0 atom stereocenters. The Morgan fingerprint density at radius 3 is 2.64 bits per heavy atom. The second kappa shape index (κ2) is 9.81. The fourth-order valence-electron chi connectivity index (χ4n) is 0.671. The van der Waals surface area contributed by atoms with Crippen molar-refractivity contribution in [3.8, 4) is 0 Å². The van der Waals surface area contributed by atoms with E-state index in [-0.39, 0.29) is 0 Å². The molecule has 0 bridgehead atoms. The van der Waals surface area contributed by atoms with E-state index < -0.39 is 0 Å². The molecule has 3 heteroatoms. The number of hydrogen-bond acceptors (Lipinski definition) is 2. The molecule has 0 amide bonds. The van der Waals surface area contributed by atoms with Crippen LogP contribution in [0.3, 0.4) is 0 Å². The lowest BCUT2D eigenvalue weighted by Crippen LogP contribution is -1.88. The molecule has 0 aromatic heterocycles. The second-order valence-corrected chi connectivity index (χ2v) is 2.78. The molecule has 0 aromatic carbocycles. The summed E-state index contributed by atoms with van der Waals surface area (Å²) in [4.78, 5) is 3.69. The summed E-state index contributed by atoms with van der Waals surface area (Å²) in [6.45, 7) is 1.87. The van der Waals surface area contributed by atoms with Crippen LogP contribution in [0.25, 0.3) is 0 Å². The third kappa shape index (κ3) is 10.7. The Bertz CT molecular complexity index is 269. The summed E-state index contributed by atoms with van der Waals surface area (Å²) < 4.78 is 0. The van der Waals surface area contributed by atoms with Crippen molar-refractivity contribution in [2.45, 2.75) is 13.3 Å². The van der Waals surface area contributed by atoms with Gasteiger partial charge in [0, 0.05) is 11.9 Å². The molecular weight excluding hydrogens is 196 g/mol. The van der Waals surface area contributed by atoms with Crippen molar-refractivity contribution in [1.82, 2.24) is 0 Å². The highest BCUT2D eigenvalue weighted by Crippen LogP contribution is 1.90. The summed E-state index contributed by atoms with van der Waals surface area (Å²) in [6.07, 6.45) is 14.0. The first kappa shape index (κ1) is 12.7. The van der Waals surface area contributed by atoms with Crippen LogP contribution in [0.4, 0.5) is 0 Å². The zero-order chi connectivity index (χ0) is 10.6. The third-order valence-electron chi connectivity index (χ3n) is 1.27. The minimum absolute atomic E-state index is 0.843. The Balaban J connectivity index is 3.66. The largest absolute Gasteiger partial charge is 0.403 e. The molecule has 0 aromatic rings. The van der Waals surface area contributed by atoms with Gasteiger partial charge in [-0.15, -0.1) is 0 Å². The molecule has 0 radical (unpaired) electrons. The molecule has 0 aliphatic carbocycles. The maximum Gasteiger partial charge on any atom is 0.0926 e. The van der Waals surface area contributed by atoms with E-state index in [1.165, 1.54) is 5.67 Å².